The lowest BCUT2D eigenvalue weighted by Gasteiger charge is -2.35. The number of unbranched alkanes of at least 4 members (excludes halogenated alkanes) is 1. The number of hydrogen-bond acceptors (Lipinski definition) is 6. The number of nitrogens with zero attached hydrogens (tertiary/aromatic N) is 2. The fraction of sp³-hybridized carbons (Fsp3) is 0.636. The molecule has 1 aromatic carbocycles. The molecule has 162 valence electrons. The number of ether oxygens (including phenoxy) is 3. The third-order valence-electron chi connectivity index (χ3n) is 4.64. The van der Waals surface area contributed by atoms with Crippen LogP contribution < -0.4 is 4.74 Å². The lowest BCUT2D eigenvalue weighted by Crippen LogP contribution is -2.50. The number of methoxy groups -OCH3 is 1. The average molecular weight is 407 g/mol. The van der Waals surface area contributed by atoms with Gasteiger partial charge in [0.05, 0.1) is 20.1 Å². The van der Waals surface area contributed by atoms with E-state index in [1.165, 1.54) is 7.11 Å². The Morgan fingerprint density at radius 1 is 1.07 bits per heavy atom. The van der Waals surface area contributed by atoms with E-state index >= 15 is 0 Å². The Kier molecular flexibility index (Phi) is 8.76. The zero-order valence-corrected chi connectivity index (χ0v) is 18.1. The van der Waals surface area contributed by atoms with Crippen LogP contribution >= 0.6 is 0 Å². The predicted molar refractivity (Wildman–Crippen MR) is 111 cm³/mol. The molecule has 29 heavy (non-hydrogen) atoms. The normalized spacial score (nSPS) is 15.1. The molecular weight excluding hydrogens is 372 g/mol. The Balaban J connectivity index is 1.60. The van der Waals surface area contributed by atoms with E-state index < -0.39 is 5.60 Å². The van der Waals surface area contributed by atoms with Crippen molar-refractivity contribution < 1.29 is 23.8 Å². The summed E-state index contributed by atoms with van der Waals surface area (Å²) in [6.45, 7) is 10.4. The molecule has 0 saturated carbocycles. The van der Waals surface area contributed by atoms with Crippen molar-refractivity contribution in [2.24, 2.45) is 0 Å². The molecule has 1 amide bonds. The number of carbonyl (C=O) groups is 2. The third-order valence-corrected chi connectivity index (χ3v) is 4.64. The van der Waals surface area contributed by atoms with Gasteiger partial charge in [-0.3, -0.25) is 9.69 Å². The second kappa shape index (κ2) is 11.0. The quantitative estimate of drug-likeness (QED) is 0.488. The minimum atomic E-state index is -0.451. The van der Waals surface area contributed by atoms with Crippen LogP contribution in [0.2, 0.25) is 0 Å². The van der Waals surface area contributed by atoms with E-state index in [0.29, 0.717) is 19.7 Å². The summed E-state index contributed by atoms with van der Waals surface area (Å²) in [5, 5.41) is 0. The standard InChI is InChI=1S/C22H34N2O5/c1-22(2,3)29-21(26)24-13-11-23(12-14-24)10-5-6-15-28-19-9-7-8-18(16-19)17-20(25)27-4/h7-9,16H,5-6,10-15,17H2,1-4H3. The molecule has 1 saturated heterocycles. The Morgan fingerprint density at radius 3 is 2.45 bits per heavy atom. The third kappa shape index (κ3) is 8.73. The van der Waals surface area contributed by atoms with Crippen LogP contribution in [0, 0.1) is 0 Å². The summed E-state index contributed by atoms with van der Waals surface area (Å²) >= 11 is 0. The zero-order valence-electron chi connectivity index (χ0n) is 18.1. The van der Waals surface area contributed by atoms with Crippen LogP contribution in [-0.2, 0) is 20.7 Å². The highest BCUT2D eigenvalue weighted by Crippen LogP contribution is 2.15. The van der Waals surface area contributed by atoms with Gasteiger partial charge < -0.3 is 19.1 Å². The molecule has 0 aromatic heterocycles. The van der Waals surface area contributed by atoms with Crippen LogP contribution in [0.1, 0.15) is 39.2 Å². The summed E-state index contributed by atoms with van der Waals surface area (Å²) in [5.74, 6) is 0.520. The molecule has 1 heterocycles. The molecule has 0 aliphatic carbocycles. The molecule has 0 bridgehead atoms. The summed E-state index contributed by atoms with van der Waals surface area (Å²) < 4.78 is 15.9. The van der Waals surface area contributed by atoms with Gasteiger partial charge in [0.1, 0.15) is 11.4 Å². The van der Waals surface area contributed by atoms with E-state index in [1.54, 1.807) is 4.90 Å². The minimum absolute atomic E-state index is 0.222. The second-order valence-corrected chi connectivity index (χ2v) is 8.26. The van der Waals surface area contributed by atoms with Crippen LogP contribution in [0.5, 0.6) is 5.75 Å². The highest BCUT2D eigenvalue weighted by molar-refractivity contribution is 5.72. The van der Waals surface area contributed by atoms with Crippen molar-refractivity contribution in [3.63, 3.8) is 0 Å². The van der Waals surface area contributed by atoms with Crippen molar-refractivity contribution in [2.45, 2.75) is 45.6 Å². The highest BCUT2D eigenvalue weighted by Gasteiger charge is 2.25. The Hall–Kier alpha value is -2.28. The first-order valence-electron chi connectivity index (χ1n) is 10.3. The van der Waals surface area contributed by atoms with Crippen LogP contribution in [-0.4, -0.2) is 73.9 Å². The lowest BCUT2D eigenvalue weighted by atomic mass is 10.1. The molecule has 1 fully saturated rings. The van der Waals surface area contributed by atoms with E-state index in [0.717, 1.165) is 43.8 Å². The van der Waals surface area contributed by atoms with E-state index in [1.807, 2.05) is 45.0 Å². The number of esters is 1. The molecule has 1 aromatic rings. The van der Waals surface area contributed by atoms with Gasteiger partial charge in [-0.2, -0.15) is 0 Å². The molecule has 1 aliphatic heterocycles. The first-order valence-corrected chi connectivity index (χ1v) is 10.3. The van der Waals surface area contributed by atoms with Crippen molar-refractivity contribution >= 4 is 12.1 Å². The summed E-state index contributed by atoms with van der Waals surface area (Å²) in [6, 6.07) is 7.56. The van der Waals surface area contributed by atoms with Gasteiger partial charge in [0, 0.05) is 26.2 Å². The second-order valence-electron chi connectivity index (χ2n) is 8.26. The zero-order chi connectivity index (χ0) is 21.3. The minimum Gasteiger partial charge on any atom is -0.494 e. The molecule has 1 aliphatic rings. The van der Waals surface area contributed by atoms with E-state index in [4.69, 9.17) is 14.2 Å². The van der Waals surface area contributed by atoms with Crippen LogP contribution in [0.15, 0.2) is 24.3 Å². The highest BCUT2D eigenvalue weighted by atomic mass is 16.6. The van der Waals surface area contributed by atoms with E-state index in [-0.39, 0.29) is 18.5 Å². The van der Waals surface area contributed by atoms with Crippen molar-refractivity contribution in [3.8, 4) is 5.75 Å². The molecule has 0 atom stereocenters. The maximum absolute atomic E-state index is 12.1. The Bertz CT molecular complexity index is 663. The smallest absolute Gasteiger partial charge is 0.410 e. The number of piperazine rings is 1. The van der Waals surface area contributed by atoms with Gasteiger partial charge in [-0.05, 0) is 57.9 Å². The number of hydrogen-bond donors (Lipinski definition) is 0. The fourth-order valence-corrected chi connectivity index (χ4v) is 3.09. The molecule has 0 N–H and O–H groups in total. The van der Waals surface area contributed by atoms with Gasteiger partial charge in [-0.25, -0.2) is 4.79 Å². The van der Waals surface area contributed by atoms with Crippen molar-refractivity contribution in [3.05, 3.63) is 29.8 Å². The molecule has 2 rings (SSSR count). The maximum atomic E-state index is 12.1. The number of carbonyl (C=O) groups excluding carboxylic acids is 2. The van der Waals surface area contributed by atoms with Crippen LogP contribution in [0.25, 0.3) is 0 Å². The molecule has 7 heteroatoms. The lowest BCUT2D eigenvalue weighted by molar-refractivity contribution is -0.139. The predicted octanol–water partition coefficient (Wildman–Crippen LogP) is 3.11. The largest absolute Gasteiger partial charge is 0.494 e. The first kappa shape index (κ1) is 23.0. The average Bonchev–Trinajstić information content (AvgIpc) is 2.67. The Morgan fingerprint density at radius 2 is 1.79 bits per heavy atom. The van der Waals surface area contributed by atoms with Crippen LogP contribution in [0.3, 0.4) is 0 Å². The maximum Gasteiger partial charge on any atom is 0.410 e. The van der Waals surface area contributed by atoms with Crippen molar-refractivity contribution in [2.75, 3.05) is 46.4 Å². The molecular formula is C22H34N2O5. The summed E-state index contributed by atoms with van der Waals surface area (Å²) in [7, 11) is 1.39. The fourth-order valence-electron chi connectivity index (χ4n) is 3.09. The van der Waals surface area contributed by atoms with Gasteiger partial charge in [0.2, 0.25) is 0 Å². The van der Waals surface area contributed by atoms with Gasteiger partial charge in [0.15, 0.2) is 0 Å². The molecule has 0 spiro atoms. The SMILES string of the molecule is COC(=O)Cc1cccc(OCCCCN2CCN(C(=O)OC(C)(C)C)CC2)c1. The van der Waals surface area contributed by atoms with Crippen LogP contribution in [0.4, 0.5) is 4.79 Å². The number of amides is 1. The molecule has 7 nitrogen and oxygen atoms in total. The monoisotopic (exact) mass is 406 g/mol. The van der Waals surface area contributed by atoms with E-state index in [9.17, 15) is 9.59 Å². The molecule has 0 radical (unpaired) electrons. The number of benzene rings is 1. The van der Waals surface area contributed by atoms with E-state index in [2.05, 4.69) is 4.90 Å². The van der Waals surface area contributed by atoms with Crippen molar-refractivity contribution in [1.82, 2.24) is 9.80 Å². The van der Waals surface area contributed by atoms with Gasteiger partial charge in [-0.15, -0.1) is 0 Å². The van der Waals surface area contributed by atoms with Crippen molar-refractivity contribution in [1.29, 1.82) is 0 Å². The molecule has 0 unspecified atom stereocenters. The number of rotatable bonds is 8. The van der Waals surface area contributed by atoms with Gasteiger partial charge in [-0.1, -0.05) is 12.1 Å². The topological polar surface area (TPSA) is 68.3 Å². The Labute approximate surface area is 173 Å². The van der Waals surface area contributed by atoms with Gasteiger partial charge >= 0.3 is 12.1 Å². The summed E-state index contributed by atoms with van der Waals surface area (Å²) in [6.07, 6.45) is 2.02. The first-order chi connectivity index (χ1) is 13.8. The van der Waals surface area contributed by atoms with Gasteiger partial charge in [0.25, 0.3) is 0 Å². The summed E-state index contributed by atoms with van der Waals surface area (Å²) in [4.78, 5) is 27.6. The summed E-state index contributed by atoms with van der Waals surface area (Å²) in [5.41, 5.74) is 0.435.